The molecule has 0 spiro atoms. The molecule has 0 atom stereocenters. The molecule has 0 saturated heterocycles. The van der Waals surface area contributed by atoms with Crippen molar-refractivity contribution in [3.8, 4) is 5.88 Å². The number of hydrogen-bond acceptors (Lipinski definition) is 3. The molecule has 1 heterocycles. The minimum Gasteiger partial charge on any atom is -0.481 e. The lowest BCUT2D eigenvalue weighted by molar-refractivity contribution is -0.137. The summed E-state index contributed by atoms with van der Waals surface area (Å²) in [5.74, 6) is 1.04. The van der Waals surface area contributed by atoms with Crippen LogP contribution in [-0.2, 0) is 19.3 Å². The molecule has 134 valence electrons. The van der Waals surface area contributed by atoms with Crippen molar-refractivity contribution in [3.63, 3.8) is 0 Å². The van der Waals surface area contributed by atoms with E-state index in [0.717, 1.165) is 23.4 Å². The molecule has 25 heavy (non-hydrogen) atoms. The van der Waals surface area contributed by atoms with Crippen LogP contribution in [0.25, 0.3) is 0 Å². The number of hydrogen-bond donors (Lipinski definition) is 2. The van der Waals surface area contributed by atoms with Crippen molar-refractivity contribution in [1.82, 2.24) is 15.6 Å². The Hall–Kier alpha value is -2.77. The second-order valence-electron chi connectivity index (χ2n) is 5.15. The summed E-state index contributed by atoms with van der Waals surface area (Å²) in [6.07, 6.45) is -4.33. The molecule has 0 saturated carbocycles. The van der Waals surface area contributed by atoms with Gasteiger partial charge in [0.25, 0.3) is 0 Å². The van der Waals surface area contributed by atoms with Gasteiger partial charge in [-0.1, -0.05) is 18.2 Å². The van der Waals surface area contributed by atoms with Crippen LogP contribution >= 0.6 is 0 Å². The first-order valence-electron chi connectivity index (χ1n) is 7.53. The first-order valence-corrected chi connectivity index (χ1v) is 7.53. The number of methoxy groups -OCH3 is 1. The molecule has 2 rings (SSSR count). The van der Waals surface area contributed by atoms with Crippen LogP contribution in [0.5, 0.6) is 5.88 Å². The largest absolute Gasteiger partial charge is 0.481 e. The van der Waals surface area contributed by atoms with Crippen LogP contribution in [0.4, 0.5) is 13.2 Å². The number of pyridine rings is 1. The van der Waals surface area contributed by atoms with Crippen LogP contribution < -0.4 is 15.4 Å². The molecule has 0 unspecified atom stereocenters. The summed E-state index contributed by atoms with van der Waals surface area (Å²) in [5.41, 5.74) is 0.829. The maximum absolute atomic E-state index is 12.5. The van der Waals surface area contributed by atoms with Crippen LogP contribution in [0.1, 0.15) is 16.8 Å². The number of halogens is 3. The zero-order chi connectivity index (χ0) is 18.3. The van der Waals surface area contributed by atoms with Gasteiger partial charge in [0, 0.05) is 19.7 Å². The minimum absolute atomic E-state index is 0.351. The predicted octanol–water partition coefficient (Wildman–Crippen LogP) is 2.97. The van der Waals surface area contributed by atoms with Gasteiger partial charge in [0.15, 0.2) is 5.96 Å². The highest BCUT2D eigenvalue weighted by Gasteiger charge is 2.29. The average molecular weight is 352 g/mol. The van der Waals surface area contributed by atoms with Gasteiger partial charge in [-0.25, -0.2) is 4.98 Å². The van der Waals surface area contributed by atoms with Crippen LogP contribution in [0.2, 0.25) is 0 Å². The molecule has 0 fully saturated rings. The minimum atomic E-state index is -4.33. The van der Waals surface area contributed by atoms with E-state index in [0.29, 0.717) is 24.9 Å². The van der Waals surface area contributed by atoms with Gasteiger partial charge in [-0.05, 0) is 23.8 Å². The SMILES string of the molecule is CN=C(NCc1ccc(C(F)(F)F)cc1)NCc1cccc(OC)n1. The van der Waals surface area contributed by atoms with Crippen LogP contribution in [0, 0.1) is 0 Å². The standard InChI is InChI=1S/C17H19F3N4O/c1-21-16(23-11-14-4-3-5-15(24-14)25-2)22-10-12-6-8-13(9-7-12)17(18,19)20/h3-9H,10-11H2,1-2H3,(H2,21,22,23). The van der Waals surface area contributed by atoms with Crippen LogP contribution in [0.15, 0.2) is 47.5 Å². The van der Waals surface area contributed by atoms with Gasteiger partial charge in [-0.2, -0.15) is 13.2 Å². The Morgan fingerprint density at radius 1 is 1.08 bits per heavy atom. The first kappa shape index (κ1) is 18.6. The third kappa shape index (κ3) is 5.66. The Morgan fingerprint density at radius 2 is 1.76 bits per heavy atom. The summed E-state index contributed by atoms with van der Waals surface area (Å²) in [4.78, 5) is 8.35. The Morgan fingerprint density at radius 3 is 2.36 bits per heavy atom. The van der Waals surface area contributed by atoms with Gasteiger partial charge in [-0.15, -0.1) is 0 Å². The number of alkyl halides is 3. The Kier molecular flexibility index (Phi) is 6.21. The average Bonchev–Trinajstić information content (AvgIpc) is 2.61. The van der Waals surface area contributed by atoms with E-state index in [2.05, 4.69) is 20.6 Å². The number of rotatable bonds is 5. The molecule has 2 aromatic rings. The van der Waals surface area contributed by atoms with Gasteiger partial charge in [0.1, 0.15) is 0 Å². The Balaban J connectivity index is 1.87. The Labute approximate surface area is 144 Å². The number of nitrogens with one attached hydrogen (secondary N) is 2. The zero-order valence-electron chi connectivity index (χ0n) is 13.9. The third-order valence-electron chi connectivity index (χ3n) is 3.39. The van der Waals surface area contributed by atoms with Crippen molar-refractivity contribution >= 4 is 5.96 Å². The highest BCUT2D eigenvalue weighted by atomic mass is 19.4. The van der Waals surface area contributed by atoms with E-state index in [9.17, 15) is 13.2 Å². The lowest BCUT2D eigenvalue weighted by Gasteiger charge is -2.13. The van der Waals surface area contributed by atoms with Gasteiger partial charge in [0.2, 0.25) is 5.88 Å². The summed E-state index contributed by atoms with van der Waals surface area (Å²) in [7, 11) is 3.16. The smallest absolute Gasteiger partial charge is 0.416 e. The van der Waals surface area contributed by atoms with E-state index in [1.165, 1.54) is 12.1 Å². The molecule has 5 nitrogen and oxygen atoms in total. The van der Waals surface area contributed by atoms with Gasteiger partial charge < -0.3 is 15.4 Å². The molecule has 1 aromatic carbocycles. The topological polar surface area (TPSA) is 58.5 Å². The van der Waals surface area contributed by atoms with Crippen molar-refractivity contribution < 1.29 is 17.9 Å². The number of ether oxygens (including phenoxy) is 1. The van der Waals surface area contributed by atoms with Crippen molar-refractivity contribution in [2.45, 2.75) is 19.3 Å². The molecule has 0 bridgehead atoms. The van der Waals surface area contributed by atoms with Gasteiger partial charge in [0.05, 0.1) is 24.9 Å². The van der Waals surface area contributed by atoms with E-state index >= 15 is 0 Å². The molecule has 2 N–H and O–H groups in total. The molecule has 0 amide bonds. The molecule has 0 aliphatic heterocycles. The monoisotopic (exact) mass is 352 g/mol. The van der Waals surface area contributed by atoms with E-state index in [4.69, 9.17) is 4.74 Å². The molecular formula is C17H19F3N4O. The maximum atomic E-state index is 12.5. The second kappa shape index (κ2) is 8.36. The van der Waals surface area contributed by atoms with E-state index in [1.54, 1.807) is 20.2 Å². The number of guanidine groups is 1. The highest BCUT2D eigenvalue weighted by molar-refractivity contribution is 5.79. The number of aromatic nitrogens is 1. The molecule has 1 aromatic heterocycles. The molecule has 0 aliphatic carbocycles. The van der Waals surface area contributed by atoms with Crippen molar-refractivity contribution in [2.24, 2.45) is 4.99 Å². The third-order valence-corrected chi connectivity index (χ3v) is 3.39. The van der Waals surface area contributed by atoms with Crippen LogP contribution in [-0.4, -0.2) is 25.1 Å². The summed E-state index contributed by atoms with van der Waals surface area (Å²) in [6, 6.07) is 10.4. The molecular weight excluding hydrogens is 333 g/mol. The molecule has 0 radical (unpaired) electrons. The fraction of sp³-hybridized carbons (Fsp3) is 0.294. The predicted molar refractivity (Wildman–Crippen MR) is 89.3 cm³/mol. The number of aliphatic imine (C=N–C) groups is 1. The van der Waals surface area contributed by atoms with Crippen molar-refractivity contribution in [3.05, 3.63) is 59.3 Å². The summed E-state index contributed by atoms with van der Waals surface area (Å²) >= 11 is 0. The summed E-state index contributed by atoms with van der Waals surface area (Å²) in [6.45, 7) is 0.785. The molecule has 0 aliphatic rings. The van der Waals surface area contributed by atoms with E-state index in [-0.39, 0.29) is 0 Å². The van der Waals surface area contributed by atoms with Gasteiger partial charge >= 0.3 is 6.18 Å². The first-order chi connectivity index (χ1) is 11.9. The van der Waals surface area contributed by atoms with Gasteiger partial charge in [-0.3, -0.25) is 4.99 Å². The fourth-order valence-corrected chi connectivity index (χ4v) is 2.06. The summed E-state index contributed by atoms with van der Waals surface area (Å²) in [5, 5.41) is 6.13. The summed E-state index contributed by atoms with van der Waals surface area (Å²) < 4.78 is 42.7. The number of benzene rings is 1. The highest BCUT2D eigenvalue weighted by Crippen LogP contribution is 2.29. The van der Waals surface area contributed by atoms with Crippen molar-refractivity contribution in [1.29, 1.82) is 0 Å². The van der Waals surface area contributed by atoms with E-state index in [1.807, 2.05) is 12.1 Å². The lowest BCUT2D eigenvalue weighted by atomic mass is 10.1. The number of nitrogens with zero attached hydrogens (tertiary/aromatic N) is 2. The molecule has 8 heteroatoms. The zero-order valence-corrected chi connectivity index (χ0v) is 13.9. The normalized spacial score (nSPS) is 12.0. The quantitative estimate of drug-likeness (QED) is 0.642. The maximum Gasteiger partial charge on any atom is 0.416 e. The Bertz CT molecular complexity index is 715. The lowest BCUT2D eigenvalue weighted by Crippen LogP contribution is -2.36. The van der Waals surface area contributed by atoms with Crippen LogP contribution in [0.3, 0.4) is 0 Å². The van der Waals surface area contributed by atoms with E-state index < -0.39 is 11.7 Å². The second-order valence-corrected chi connectivity index (χ2v) is 5.15. The van der Waals surface area contributed by atoms with Crippen molar-refractivity contribution in [2.75, 3.05) is 14.2 Å². The fourth-order valence-electron chi connectivity index (χ4n) is 2.06.